The number of carboxylic acids is 1. The van der Waals surface area contributed by atoms with Crippen LogP contribution in [0.1, 0.15) is 51.4 Å². The lowest BCUT2D eigenvalue weighted by Crippen LogP contribution is -2.32. The van der Waals surface area contributed by atoms with E-state index in [1.54, 1.807) is 0 Å². The zero-order chi connectivity index (χ0) is 9.73. The third-order valence-electron chi connectivity index (χ3n) is 2.76. The first-order chi connectivity index (χ1) is 6.12. The Kier molecular flexibility index (Phi) is 3.72. The van der Waals surface area contributed by atoms with E-state index in [0.29, 0.717) is 12.8 Å². The van der Waals surface area contributed by atoms with Gasteiger partial charge in [0.05, 0.1) is 12.0 Å². The van der Waals surface area contributed by atoms with Crippen LogP contribution in [0.4, 0.5) is 0 Å². The van der Waals surface area contributed by atoms with E-state index < -0.39 is 11.6 Å². The summed E-state index contributed by atoms with van der Waals surface area (Å²) in [5, 5.41) is 18.6. The van der Waals surface area contributed by atoms with Crippen LogP contribution < -0.4 is 0 Å². The molecule has 0 spiro atoms. The van der Waals surface area contributed by atoms with Crippen LogP contribution >= 0.6 is 0 Å². The largest absolute Gasteiger partial charge is 0.481 e. The summed E-state index contributed by atoms with van der Waals surface area (Å²) in [5.41, 5.74) is -0.924. The maximum absolute atomic E-state index is 10.5. The summed E-state index contributed by atoms with van der Waals surface area (Å²) in [6, 6.07) is 0. The fraction of sp³-hybridized carbons (Fsp3) is 0.900. The Morgan fingerprint density at radius 1 is 1.08 bits per heavy atom. The van der Waals surface area contributed by atoms with E-state index in [1.165, 1.54) is 6.42 Å². The van der Waals surface area contributed by atoms with E-state index in [-0.39, 0.29) is 6.42 Å². The van der Waals surface area contributed by atoms with E-state index in [2.05, 4.69) is 0 Å². The normalized spacial score (nSPS) is 23.2. The van der Waals surface area contributed by atoms with E-state index >= 15 is 0 Å². The van der Waals surface area contributed by atoms with Crippen LogP contribution in [0.5, 0.6) is 0 Å². The van der Waals surface area contributed by atoms with Gasteiger partial charge >= 0.3 is 5.97 Å². The lowest BCUT2D eigenvalue weighted by molar-refractivity contribution is -0.143. The predicted molar refractivity (Wildman–Crippen MR) is 49.5 cm³/mol. The van der Waals surface area contributed by atoms with Crippen molar-refractivity contribution in [2.75, 3.05) is 0 Å². The molecule has 3 nitrogen and oxygen atoms in total. The topological polar surface area (TPSA) is 57.5 Å². The van der Waals surface area contributed by atoms with Gasteiger partial charge in [-0.05, 0) is 12.8 Å². The highest BCUT2D eigenvalue weighted by atomic mass is 16.4. The molecule has 3 heteroatoms. The van der Waals surface area contributed by atoms with Crippen molar-refractivity contribution < 1.29 is 15.0 Å². The second kappa shape index (κ2) is 4.61. The zero-order valence-corrected chi connectivity index (χ0v) is 7.96. The standard InChI is InChI=1S/C10H18O3/c11-9(12)8-10(13)6-4-2-1-3-5-7-10/h13H,1-8H2,(H,11,12). The predicted octanol–water partition coefficient (Wildman–Crippen LogP) is 1.94. The van der Waals surface area contributed by atoms with Gasteiger partial charge in [-0.25, -0.2) is 0 Å². The number of carboxylic acid groups (broad SMARTS) is 1. The average Bonchev–Trinajstić information content (AvgIpc) is 1.97. The highest BCUT2D eigenvalue weighted by Gasteiger charge is 2.29. The van der Waals surface area contributed by atoms with Gasteiger partial charge in [0.25, 0.3) is 0 Å². The van der Waals surface area contributed by atoms with Crippen molar-refractivity contribution >= 4 is 5.97 Å². The minimum Gasteiger partial charge on any atom is -0.481 e. The number of aliphatic carboxylic acids is 1. The molecule has 0 saturated heterocycles. The molecule has 1 aliphatic rings. The first-order valence-corrected chi connectivity index (χ1v) is 5.07. The van der Waals surface area contributed by atoms with E-state index in [1.807, 2.05) is 0 Å². The van der Waals surface area contributed by atoms with Gasteiger partial charge in [-0.15, -0.1) is 0 Å². The Bertz CT molecular complexity index is 169. The van der Waals surface area contributed by atoms with Crippen LogP contribution in [0.3, 0.4) is 0 Å². The molecule has 0 radical (unpaired) electrons. The highest BCUT2D eigenvalue weighted by molar-refractivity contribution is 5.68. The maximum atomic E-state index is 10.5. The molecule has 2 N–H and O–H groups in total. The Morgan fingerprint density at radius 2 is 1.54 bits per heavy atom. The quantitative estimate of drug-likeness (QED) is 0.692. The average molecular weight is 186 g/mol. The third kappa shape index (κ3) is 3.77. The second-order valence-corrected chi connectivity index (χ2v) is 4.06. The van der Waals surface area contributed by atoms with Gasteiger partial charge in [-0.2, -0.15) is 0 Å². The maximum Gasteiger partial charge on any atom is 0.306 e. The number of carbonyl (C=O) groups is 1. The number of aliphatic hydroxyl groups is 1. The number of hydrogen-bond acceptors (Lipinski definition) is 2. The number of rotatable bonds is 2. The monoisotopic (exact) mass is 186 g/mol. The highest BCUT2D eigenvalue weighted by Crippen LogP contribution is 2.28. The molecule has 0 bridgehead atoms. The fourth-order valence-corrected chi connectivity index (χ4v) is 2.02. The Morgan fingerprint density at radius 3 is 2.00 bits per heavy atom. The molecule has 1 aliphatic carbocycles. The molecular weight excluding hydrogens is 168 g/mol. The van der Waals surface area contributed by atoms with Crippen LogP contribution in [0.25, 0.3) is 0 Å². The molecule has 0 aromatic heterocycles. The Balaban J connectivity index is 2.46. The summed E-state index contributed by atoms with van der Waals surface area (Å²) in [6.45, 7) is 0. The molecule has 0 unspecified atom stereocenters. The van der Waals surface area contributed by atoms with Gasteiger partial charge in [0.2, 0.25) is 0 Å². The first kappa shape index (κ1) is 10.5. The summed E-state index contributed by atoms with van der Waals surface area (Å²) >= 11 is 0. The molecular formula is C10H18O3. The molecule has 1 rings (SSSR count). The lowest BCUT2D eigenvalue weighted by Gasteiger charge is -2.28. The van der Waals surface area contributed by atoms with Crippen LogP contribution in [-0.2, 0) is 4.79 Å². The molecule has 0 heterocycles. The molecule has 13 heavy (non-hydrogen) atoms. The van der Waals surface area contributed by atoms with Gasteiger partial charge in [0.1, 0.15) is 0 Å². The van der Waals surface area contributed by atoms with Crippen molar-refractivity contribution in [2.45, 2.75) is 57.0 Å². The molecule has 0 atom stereocenters. The summed E-state index contributed by atoms with van der Waals surface area (Å²) in [4.78, 5) is 10.5. The first-order valence-electron chi connectivity index (χ1n) is 5.07. The van der Waals surface area contributed by atoms with Gasteiger partial charge in [-0.1, -0.05) is 32.1 Å². The van der Waals surface area contributed by atoms with Gasteiger partial charge < -0.3 is 10.2 Å². The lowest BCUT2D eigenvalue weighted by atomic mass is 9.85. The van der Waals surface area contributed by atoms with Crippen molar-refractivity contribution in [3.8, 4) is 0 Å². The number of hydrogen-bond donors (Lipinski definition) is 2. The van der Waals surface area contributed by atoms with E-state index in [0.717, 1.165) is 25.7 Å². The Hall–Kier alpha value is -0.570. The van der Waals surface area contributed by atoms with Gasteiger partial charge in [0, 0.05) is 0 Å². The van der Waals surface area contributed by atoms with Crippen LogP contribution in [0.15, 0.2) is 0 Å². The van der Waals surface area contributed by atoms with Crippen molar-refractivity contribution in [3.05, 3.63) is 0 Å². The van der Waals surface area contributed by atoms with Crippen molar-refractivity contribution in [2.24, 2.45) is 0 Å². The molecule has 0 aromatic carbocycles. The summed E-state index contributed by atoms with van der Waals surface area (Å²) in [7, 11) is 0. The molecule has 76 valence electrons. The van der Waals surface area contributed by atoms with Crippen LogP contribution in [0.2, 0.25) is 0 Å². The Labute approximate surface area is 78.8 Å². The van der Waals surface area contributed by atoms with Crippen molar-refractivity contribution in [1.29, 1.82) is 0 Å². The third-order valence-corrected chi connectivity index (χ3v) is 2.76. The molecule has 1 fully saturated rings. The van der Waals surface area contributed by atoms with Crippen LogP contribution in [0, 0.1) is 0 Å². The minimum absolute atomic E-state index is 0.0903. The molecule has 0 aliphatic heterocycles. The van der Waals surface area contributed by atoms with E-state index in [4.69, 9.17) is 5.11 Å². The zero-order valence-electron chi connectivity index (χ0n) is 7.96. The van der Waals surface area contributed by atoms with Gasteiger partial charge in [-0.3, -0.25) is 4.79 Å². The van der Waals surface area contributed by atoms with Crippen molar-refractivity contribution in [1.82, 2.24) is 0 Å². The SMILES string of the molecule is O=C(O)CC1(O)CCCCCCC1. The summed E-state index contributed by atoms with van der Waals surface area (Å²) < 4.78 is 0. The van der Waals surface area contributed by atoms with Gasteiger partial charge in [0.15, 0.2) is 0 Å². The summed E-state index contributed by atoms with van der Waals surface area (Å²) in [6.07, 6.45) is 6.62. The molecule has 0 amide bonds. The second-order valence-electron chi connectivity index (χ2n) is 4.06. The molecule has 0 aromatic rings. The van der Waals surface area contributed by atoms with Crippen molar-refractivity contribution in [3.63, 3.8) is 0 Å². The minimum atomic E-state index is -0.924. The fourth-order valence-electron chi connectivity index (χ4n) is 2.02. The summed E-state index contributed by atoms with van der Waals surface area (Å²) in [5.74, 6) is -0.886. The van der Waals surface area contributed by atoms with Crippen LogP contribution in [-0.4, -0.2) is 21.8 Å². The molecule has 1 saturated carbocycles. The smallest absolute Gasteiger partial charge is 0.306 e. The van der Waals surface area contributed by atoms with E-state index in [9.17, 15) is 9.90 Å².